The van der Waals surface area contributed by atoms with Gasteiger partial charge in [0.25, 0.3) is 0 Å². The van der Waals surface area contributed by atoms with E-state index in [-0.39, 0.29) is 5.69 Å². The van der Waals surface area contributed by atoms with Crippen molar-refractivity contribution in [2.24, 2.45) is 0 Å². The van der Waals surface area contributed by atoms with E-state index < -0.39 is 33.8 Å². The zero-order chi connectivity index (χ0) is 22.3. The number of carbonyl (C=O) groups is 2. The first-order valence-electron chi connectivity index (χ1n) is 9.46. The number of benzene rings is 2. The van der Waals surface area contributed by atoms with Crippen LogP contribution in [0.15, 0.2) is 48.5 Å². The van der Waals surface area contributed by atoms with E-state index in [0.717, 1.165) is 29.5 Å². The highest BCUT2D eigenvalue weighted by atomic mass is 32.2. The van der Waals surface area contributed by atoms with E-state index in [2.05, 4.69) is 5.32 Å². The molecule has 30 heavy (non-hydrogen) atoms. The van der Waals surface area contributed by atoms with Crippen LogP contribution in [0.2, 0.25) is 0 Å². The van der Waals surface area contributed by atoms with Crippen molar-refractivity contribution in [1.82, 2.24) is 0 Å². The van der Waals surface area contributed by atoms with Gasteiger partial charge in [0.1, 0.15) is 11.9 Å². The SMILES string of the molecule is CCCCOC(=O)c1ccc(NC(=O)[C@H](C)N(c2cccc(F)c2)S(C)(=O)=O)cc1. The van der Waals surface area contributed by atoms with Gasteiger partial charge in [0.05, 0.1) is 24.1 Å². The zero-order valence-electron chi connectivity index (χ0n) is 17.1. The second-order valence-corrected chi connectivity index (χ2v) is 8.63. The van der Waals surface area contributed by atoms with Gasteiger partial charge in [0.15, 0.2) is 0 Å². The Balaban J connectivity index is 2.12. The van der Waals surface area contributed by atoms with Crippen LogP contribution in [0, 0.1) is 5.82 Å². The fourth-order valence-corrected chi connectivity index (χ4v) is 3.92. The van der Waals surface area contributed by atoms with Crippen molar-refractivity contribution >= 4 is 33.3 Å². The Morgan fingerprint density at radius 1 is 1.17 bits per heavy atom. The van der Waals surface area contributed by atoms with Crippen molar-refractivity contribution in [3.05, 3.63) is 59.9 Å². The summed E-state index contributed by atoms with van der Waals surface area (Å²) in [6, 6.07) is 9.93. The molecule has 0 aromatic heterocycles. The minimum absolute atomic E-state index is 0.0466. The first-order valence-corrected chi connectivity index (χ1v) is 11.3. The molecule has 2 rings (SSSR count). The van der Waals surface area contributed by atoms with E-state index in [1.54, 1.807) is 0 Å². The number of rotatable bonds is 9. The van der Waals surface area contributed by atoms with E-state index in [4.69, 9.17) is 4.74 Å². The van der Waals surface area contributed by atoms with E-state index in [0.29, 0.717) is 17.9 Å². The Morgan fingerprint density at radius 2 is 1.83 bits per heavy atom. The number of hydrogen-bond acceptors (Lipinski definition) is 5. The summed E-state index contributed by atoms with van der Waals surface area (Å²) in [6.07, 6.45) is 2.64. The molecule has 1 amide bonds. The molecule has 9 heteroatoms. The highest BCUT2D eigenvalue weighted by molar-refractivity contribution is 7.92. The van der Waals surface area contributed by atoms with Crippen LogP contribution in [-0.4, -0.2) is 39.2 Å². The van der Waals surface area contributed by atoms with Crippen LogP contribution in [0.25, 0.3) is 0 Å². The maximum atomic E-state index is 13.6. The third-order valence-electron chi connectivity index (χ3n) is 4.27. The van der Waals surface area contributed by atoms with Gasteiger partial charge >= 0.3 is 5.97 Å². The van der Waals surface area contributed by atoms with Crippen molar-refractivity contribution in [3.63, 3.8) is 0 Å². The fourth-order valence-electron chi connectivity index (χ4n) is 2.75. The maximum absolute atomic E-state index is 13.6. The molecule has 0 radical (unpaired) electrons. The van der Waals surface area contributed by atoms with E-state index in [1.165, 1.54) is 49.4 Å². The molecular formula is C21H25FN2O5S. The Kier molecular flexibility index (Phi) is 7.93. The monoisotopic (exact) mass is 436 g/mol. The molecule has 7 nitrogen and oxygen atoms in total. The largest absolute Gasteiger partial charge is 0.462 e. The van der Waals surface area contributed by atoms with Gasteiger partial charge in [-0.05, 0) is 55.8 Å². The molecule has 0 heterocycles. The molecule has 0 aliphatic rings. The minimum Gasteiger partial charge on any atom is -0.462 e. The topological polar surface area (TPSA) is 92.8 Å². The van der Waals surface area contributed by atoms with Crippen LogP contribution in [0.5, 0.6) is 0 Å². The number of nitrogens with one attached hydrogen (secondary N) is 1. The van der Waals surface area contributed by atoms with Crippen LogP contribution >= 0.6 is 0 Å². The highest BCUT2D eigenvalue weighted by Gasteiger charge is 2.29. The van der Waals surface area contributed by atoms with Gasteiger partial charge < -0.3 is 10.1 Å². The van der Waals surface area contributed by atoms with Gasteiger partial charge in [-0.1, -0.05) is 19.4 Å². The Labute approximate surface area is 175 Å². The van der Waals surface area contributed by atoms with Gasteiger partial charge in [-0.3, -0.25) is 9.10 Å². The first-order chi connectivity index (χ1) is 14.1. The van der Waals surface area contributed by atoms with E-state index in [1.807, 2.05) is 6.92 Å². The van der Waals surface area contributed by atoms with Crippen LogP contribution < -0.4 is 9.62 Å². The molecule has 0 saturated carbocycles. The average molecular weight is 437 g/mol. The number of ether oxygens (including phenoxy) is 1. The number of esters is 1. The lowest BCUT2D eigenvalue weighted by Crippen LogP contribution is -2.45. The summed E-state index contributed by atoms with van der Waals surface area (Å²) in [5.74, 6) is -1.68. The molecule has 0 bridgehead atoms. The number of amides is 1. The lowest BCUT2D eigenvalue weighted by atomic mass is 10.2. The predicted octanol–water partition coefficient (Wildman–Crippen LogP) is 3.58. The minimum atomic E-state index is -3.86. The van der Waals surface area contributed by atoms with Crippen LogP contribution in [-0.2, 0) is 19.6 Å². The molecule has 1 atom stereocenters. The normalized spacial score (nSPS) is 12.1. The number of anilines is 2. The summed E-state index contributed by atoms with van der Waals surface area (Å²) in [4.78, 5) is 24.6. The number of nitrogens with zero attached hydrogens (tertiary/aromatic N) is 1. The Morgan fingerprint density at radius 3 is 2.40 bits per heavy atom. The lowest BCUT2D eigenvalue weighted by molar-refractivity contribution is -0.116. The number of sulfonamides is 1. The molecule has 0 unspecified atom stereocenters. The molecule has 0 fully saturated rings. The maximum Gasteiger partial charge on any atom is 0.338 e. The molecule has 0 aliphatic carbocycles. The fraction of sp³-hybridized carbons (Fsp3) is 0.333. The highest BCUT2D eigenvalue weighted by Crippen LogP contribution is 2.22. The summed E-state index contributed by atoms with van der Waals surface area (Å²) in [5.41, 5.74) is 0.768. The third kappa shape index (κ3) is 6.28. The second kappa shape index (κ2) is 10.2. The smallest absolute Gasteiger partial charge is 0.338 e. The van der Waals surface area contributed by atoms with Crippen molar-refractivity contribution < 1.29 is 27.1 Å². The Bertz CT molecular complexity index is 993. The zero-order valence-corrected chi connectivity index (χ0v) is 17.9. The molecule has 0 spiro atoms. The van der Waals surface area contributed by atoms with Crippen LogP contribution in [0.4, 0.5) is 15.8 Å². The number of halogens is 1. The molecule has 2 aromatic rings. The summed E-state index contributed by atoms with van der Waals surface area (Å²) in [6.45, 7) is 3.74. The molecular weight excluding hydrogens is 411 g/mol. The molecule has 0 aliphatic heterocycles. The van der Waals surface area contributed by atoms with E-state index >= 15 is 0 Å². The number of carbonyl (C=O) groups excluding carboxylic acids is 2. The first kappa shape index (κ1) is 23.3. The summed E-state index contributed by atoms with van der Waals surface area (Å²) in [7, 11) is -3.86. The van der Waals surface area contributed by atoms with Crippen LogP contribution in [0.3, 0.4) is 0 Å². The standard InChI is InChI=1S/C21H25FN2O5S/c1-4-5-13-29-21(26)16-9-11-18(12-10-16)23-20(25)15(2)24(30(3,27)28)19-8-6-7-17(22)14-19/h6-12,14-15H,4-5,13H2,1-3H3,(H,23,25)/t15-/m0/s1. The van der Waals surface area contributed by atoms with Gasteiger partial charge in [-0.25, -0.2) is 17.6 Å². The summed E-state index contributed by atoms with van der Waals surface area (Å²) < 4.78 is 44.0. The van der Waals surface area contributed by atoms with Crippen molar-refractivity contribution in [2.75, 3.05) is 22.5 Å². The number of unbranched alkanes of at least 4 members (excludes halogenated alkanes) is 1. The molecule has 0 saturated heterocycles. The van der Waals surface area contributed by atoms with Gasteiger partial charge in [-0.15, -0.1) is 0 Å². The summed E-state index contributed by atoms with van der Waals surface area (Å²) in [5, 5.41) is 2.61. The van der Waals surface area contributed by atoms with Crippen molar-refractivity contribution in [3.8, 4) is 0 Å². The predicted molar refractivity (Wildman–Crippen MR) is 113 cm³/mol. The summed E-state index contributed by atoms with van der Waals surface area (Å²) >= 11 is 0. The van der Waals surface area contributed by atoms with Crippen molar-refractivity contribution in [1.29, 1.82) is 0 Å². The molecule has 1 N–H and O–H groups in total. The average Bonchev–Trinajstić information content (AvgIpc) is 2.67. The lowest BCUT2D eigenvalue weighted by Gasteiger charge is -2.28. The Hall–Kier alpha value is -2.94. The van der Waals surface area contributed by atoms with Gasteiger partial charge in [0.2, 0.25) is 15.9 Å². The third-order valence-corrected chi connectivity index (χ3v) is 5.51. The van der Waals surface area contributed by atoms with E-state index in [9.17, 15) is 22.4 Å². The second-order valence-electron chi connectivity index (χ2n) is 6.77. The van der Waals surface area contributed by atoms with Gasteiger partial charge in [0, 0.05) is 5.69 Å². The molecule has 2 aromatic carbocycles. The van der Waals surface area contributed by atoms with Crippen molar-refractivity contribution in [2.45, 2.75) is 32.7 Å². The number of hydrogen-bond donors (Lipinski definition) is 1. The molecule has 162 valence electrons. The quantitative estimate of drug-likeness (QED) is 0.479. The van der Waals surface area contributed by atoms with Crippen LogP contribution in [0.1, 0.15) is 37.0 Å². The van der Waals surface area contributed by atoms with Gasteiger partial charge in [-0.2, -0.15) is 0 Å².